The second-order valence-electron chi connectivity index (χ2n) is 4.20. The Labute approximate surface area is 152 Å². The molecule has 0 radical (unpaired) electrons. The Balaban J connectivity index is 1.69. The second-order valence-corrected chi connectivity index (χ2v) is 7.28. The number of anilines is 1. The van der Waals surface area contributed by atoms with Crippen molar-refractivity contribution in [2.75, 3.05) is 11.5 Å². The molecule has 9 heteroatoms. The van der Waals surface area contributed by atoms with Crippen molar-refractivity contribution < 1.29 is 14.3 Å². The van der Waals surface area contributed by atoms with Gasteiger partial charge < -0.3 is 9.47 Å². The Hall–Kier alpha value is -0.690. The smallest absolute Gasteiger partial charge is 0.415 e. The monoisotopic (exact) mass is 529 g/mol. The van der Waals surface area contributed by atoms with Gasteiger partial charge in [-0.2, -0.15) is 4.37 Å². The topological polar surface area (TPSA) is 64.5 Å². The number of hydrogen-bond acceptors (Lipinski definition) is 6. The van der Waals surface area contributed by atoms with Gasteiger partial charge in [0, 0.05) is 9.26 Å². The van der Waals surface area contributed by atoms with Gasteiger partial charge in [0.15, 0.2) is 6.10 Å². The van der Waals surface area contributed by atoms with Gasteiger partial charge in [-0.05, 0) is 46.9 Å². The van der Waals surface area contributed by atoms with Gasteiger partial charge in [-0.3, -0.25) is 4.90 Å². The molecule has 1 unspecified atom stereocenters. The van der Waals surface area contributed by atoms with Crippen LogP contribution in [0.15, 0.2) is 30.5 Å². The zero-order valence-electron chi connectivity index (χ0n) is 10.5. The minimum Gasteiger partial charge on any atom is -0.472 e. The van der Waals surface area contributed by atoms with Crippen molar-refractivity contribution in [1.29, 1.82) is 0 Å². The molecule has 1 aliphatic heterocycles. The number of nitrogens with zero attached hydrogens (tertiary/aromatic N) is 3. The van der Waals surface area contributed by atoms with E-state index in [4.69, 9.17) is 9.47 Å². The van der Waals surface area contributed by atoms with Crippen molar-refractivity contribution in [2.45, 2.75) is 10.2 Å². The van der Waals surface area contributed by atoms with Crippen molar-refractivity contribution in [3.8, 4) is 5.88 Å². The zero-order chi connectivity index (χ0) is 14.8. The average Bonchev–Trinajstić information content (AvgIpc) is 3.07. The first-order valence-corrected chi connectivity index (χ1v) is 9.00. The maximum atomic E-state index is 12.1. The summed E-state index contributed by atoms with van der Waals surface area (Å²) in [6.07, 6.45) is 0.834. The highest BCUT2D eigenvalue weighted by Crippen LogP contribution is 2.31. The molecule has 0 N–H and O–H groups in total. The van der Waals surface area contributed by atoms with E-state index in [1.54, 1.807) is 11.1 Å². The van der Waals surface area contributed by atoms with Crippen molar-refractivity contribution in [3.63, 3.8) is 0 Å². The molecule has 2 atom stereocenters. The van der Waals surface area contributed by atoms with Crippen LogP contribution in [0.2, 0.25) is 0 Å². The molecule has 0 saturated carbocycles. The van der Waals surface area contributed by atoms with Crippen LogP contribution >= 0.6 is 56.9 Å². The van der Waals surface area contributed by atoms with Crippen LogP contribution in [0.5, 0.6) is 5.88 Å². The molecule has 1 saturated heterocycles. The Morgan fingerprint density at radius 2 is 2.14 bits per heavy atom. The van der Waals surface area contributed by atoms with E-state index in [2.05, 4.69) is 53.9 Å². The highest BCUT2D eigenvalue weighted by molar-refractivity contribution is 14.1. The standard InChI is InChI=1S/C12H9I2N3O3S/c13-7-1-3-8(4-2-7)17-11(14)9(20-12(17)18)6-19-10-5-15-21-16-10/h1-5,9,11H,6H2/t9-,11?/m0/s1. The molecule has 110 valence electrons. The average molecular weight is 529 g/mol. The second kappa shape index (κ2) is 6.60. The van der Waals surface area contributed by atoms with Crippen molar-refractivity contribution in [2.24, 2.45) is 0 Å². The number of halogens is 2. The molecule has 3 rings (SSSR count). The third kappa shape index (κ3) is 3.39. The summed E-state index contributed by atoms with van der Waals surface area (Å²) in [5.74, 6) is 0.451. The van der Waals surface area contributed by atoms with Crippen molar-refractivity contribution in [1.82, 2.24) is 8.75 Å². The van der Waals surface area contributed by atoms with Crippen molar-refractivity contribution >= 4 is 68.7 Å². The molecule has 1 aliphatic rings. The lowest BCUT2D eigenvalue weighted by Gasteiger charge is -2.19. The largest absolute Gasteiger partial charge is 0.472 e. The summed E-state index contributed by atoms with van der Waals surface area (Å²) >= 11 is 5.49. The number of carbonyl (C=O) groups excluding carboxylic acids is 1. The maximum Gasteiger partial charge on any atom is 0.415 e. The van der Waals surface area contributed by atoms with Gasteiger partial charge in [0.1, 0.15) is 16.9 Å². The van der Waals surface area contributed by atoms with Crippen molar-refractivity contribution in [3.05, 3.63) is 34.0 Å². The number of benzene rings is 1. The van der Waals surface area contributed by atoms with Crippen LogP contribution in [-0.2, 0) is 4.74 Å². The molecule has 0 spiro atoms. The van der Waals surface area contributed by atoms with E-state index in [1.807, 2.05) is 24.3 Å². The normalized spacial score (nSPS) is 21.4. The highest BCUT2D eigenvalue weighted by Gasteiger charge is 2.41. The quantitative estimate of drug-likeness (QED) is 0.346. The third-order valence-electron chi connectivity index (χ3n) is 2.84. The summed E-state index contributed by atoms with van der Waals surface area (Å²) in [6.45, 7) is 0.256. The molecule has 6 nitrogen and oxygen atoms in total. The molecule has 1 aromatic carbocycles. The number of aromatic nitrogens is 2. The summed E-state index contributed by atoms with van der Waals surface area (Å²) in [5, 5.41) is 0. The number of cyclic esters (lactones) is 1. The van der Waals surface area contributed by atoms with Crippen LogP contribution in [0, 0.1) is 3.57 Å². The molecule has 1 amide bonds. The van der Waals surface area contributed by atoms with Crippen LogP contribution in [-0.4, -0.2) is 31.6 Å². The van der Waals surface area contributed by atoms with Gasteiger partial charge in [0.25, 0.3) is 0 Å². The van der Waals surface area contributed by atoms with E-state index in [1.165, 1.54) is 0 Å². The molecule has 1 aromatic heterocycles. The van der Waals surface area contributed by atoms with Crippen LogP contribution in [0.25, 0.3) is 0 Å². The molecular weight excluding hydrogens is 520 g/mol. The summed E-state index contributed by atoms with van der Waals surface area (Å²) in [7, 11) is 0. The van der Waals surface area contributed by atoms with E-state index in [-0.39, 0.29) is 22.9 Å². The lowest BCUT2D eigenvalue weighted by molar-refractivity contribution is 0.102. The molecule has 0 bridgehead atoms. The summed E-state index contributed by atoms with van der Waals surface area (Å²) in [6, 6.07) is 7.72. The van der Waals surface area contributed by atoms with Gasteiger partial charge in [-0.1, -0.05) is 22.6 Å². The number of alkyl halides is 1. The van der Waals surface area contributed by atoms with Gasteiger partial charge >= 0.3 is 6.09 Å². The van der Waals surface area contributed by atoms with E-state index in [9.17, 15) is 4.79 Å². The first-order chi connectivity index (χ1) is 10.1. The minimum absolute atomic E-state index is 0.137. The maximum absolute atomic E-state index is 12.1. The number of ether oxygens (including phenoxy) is 2. The fourth-order valence-corrected chi connectivity index (χ4v) is 3.49. The van der Waals surface area contributed by atoms with Gasteiger partial charge in [-0.15, -0.1) is 4.37 Å². The molecule has 2 heterocycles. The molecule has 0 aliphatic carbocycles. The van der Waals surface area contributed by atoms with Crippen LogP contribution < -0.4 is 9.64 Å². The molecule has 1 fully saturated rings. The minimum atomic E-state index is -0.361. The molecular formula is C12H9I2N3O3S. The van der Waals surface area contributed by atoms with E-state index < -0.39 is 0 Å². The lowest BCUT2D eigenvalue weighted by Crippen LogP contribution is -2.34. The predicted octanol–water partition coefficient (Wildman–Crippen LogP) is 3.31. The van der Waals surface area contributed by atoms with Crippen LogP contribution in [0.1, 0.15) is 0 Å². The van der Waals surface area contributed by atoms with E-state index in [0.717, 1.165) is 21.0 Å². The Morgan fingerprint density at radius 1 is 1.38 bits per heavy atom. The van der Waals surface area contributed by atoms with Crippen LogP contribution in [0.3, 0.4) is 0 Å². The fourth-order valence-electron chi connectivity index (χ4n) is 1.86. The zero-order valence-corrected chi connectivity index (χ0v) is 15.6. The fraction of sp³-hybridized carbons (Fsp3) is 0.250. The molecule has 21 heavy (non-hydrogen) atoms. The number of amides is 1. The Bertz CT molecular complexity index is 623. The van der Waals surface area contributed by atoms with Crippen LogP contribution in [0.4, 0.5) is 10.5 Å². The van der Waals surface area contributed by atoms with E-state index >= 15 is 0 Å². The lowest BCUT2D eigenvalue weighted by atomic mass is 10.3. The number of carbonyl (C=O) groups is 1. The summed E-state index contributed by atoms with van der Waals surface area (Å²) in [5.41, 5.74) is 0.817. The number of hydrogen-bond donors (Lipinski definition) is 0. The first kappa shape index (κ1) is 15.2. The summed E-state index contributed by atoms with van der Waals surface area (Å²) in [4.78, 5) is 13.7. The first-order valence-electron chi connectivity index (χ1n) is 5.95. The SMILES string of the molecule is O=C1O[C@@H](COc2cnsn2)C(I)N1c1ccc(I)cc1. The van der Waals surface area contributed by atoms with Gasteiger partial charge in [0.2, 0.25) is 5.88 Å². The van der Waals surface area contributed by atoms with Gasteiger partial charge in [0.05, 0.1) is 11.7 Å². The summed E-state index contributed by atoms with van der Waals surface area (Å²) < 4.78 is 19.7. The Kier molecular flexibility index (Phi) is 4.78. The molecule has 2 aromatic rings. The van der Waals surface area contributed by atoms with E-state index in [0.29, 0.717) is 5.88 Å². The number of rotatable bonds is 4. The third-order valence-corrected chi connectivity index (χ3v) is 5.38. The highest BCUT2D eigenvalue weighted by atomic mass is 127. The van der Waals surface area contributed by atoms with Gasteiger partial charge in [-0.25, -0.2) is 4.79 Å². The Morgan fingerprint density at radius 3 is 2.81 bits per heavy atom. The predicted molar refractivity (Wildman–Crippen MR) is 95.1 cm³/mol.